The first-order valence-corrected chi connectivity index (χ1v) is 3.23. The Morgan fingerprint density at radius 3 is 1.90 bits per heavy atom. The smallest absolute Gasteiger partial charge is 0.245 e. The van der Waals surface area contributed by atoms with Crippen LogP contribution in [0.4, 0.5) is 0 Å². The highest BCUT2D eigenvalue weighted by Crippen LogP contribution is 1.70. The summed E-state index contributed by atoms with van der Waals surface area (Å²) in [6.07, 6.45) is 0.0880. The number of hydrogen-bond acceptors (Lipinski definition) is 3. The molecule has 0 aromatic heterocycles. The van der Waals surface area contributed by atoms with E-state index in [0.717, 1.165) is 13.0 Å². The largest absolute Gasteiger partial charge is 0.384 e. The zero-order chi connectivity index (χ0) is 8.57. The van der Waals surface area contributed by atoms with Crippen LogP contribution in [0.25, 0.3) is 0 Å². The molecular formula is C6H16N2O2. The van der Waals surface area contributed by atoms with Gasteiger partial charge in [-0.15, -0.1) is 0 Å². The lowest BCUT2D eigenvalue weighted by Gasteiger charge is -1.90. The molecule has 4 nitrogen and oxygen atoms in total. The summed E-state index contributed by atoms with van der Waals surface area (Å²) < 4.78 is 0. The van der Waals surface area contributed by atoms with Crippen LogP contribution in [0.1, 0.15) is 20.3 Å². The number of aliphatic hydroxyl groups excluding tert-OH is 1. The molecule has 0 aliphatic heterocycles. The van der Waals surface area contributed by atoms with Crippen molar-refractivity contribution in [1.82, 2.24) is 0 Å². The van der Waals surface area contributed by atoms with Crippen molar-refractivity contribution in [3.05, 3.63) is 0 Å². The van der Waals surface area contributed by atoms with Crippen LogP contribution in [-0.4, -0.2) is 23.7 Å². The summed E-state index contributed by atoms with van der Waals surface area (Å²) in [5.74, 6) is -0.685. The molecule has 0 aromatic carbocycles. The summed E-state index contributed by atoms with van der Waals surface area (Å²) in [5, 5.41) is 8.16. The molecule has 5 N–H and O–H groups in total. The normalized spacial score (nSPS) is 11.2. The summed E-state index contributed by atoms with van der Waals surface area (Å²) in [4.78, 5) is 9.67. The van der Waals surface area contributed by atoms with Gasteiger partial charge in [0, 0.05) is 0 Å². The molecule has 0 saturated heterocycles. The summed E-state index contributed by atoms with van der Waals surface area (Å²) in [7, 11) is 0. The number of primary amides is 1. The van der Waals surface area contributed by atoms with Crippen molar-refractivity contribution in [2.24, 2.45) is 11.5 Å². The standard InChI is InChI=1S/C3H7NO2.C3H9N/c1-2(5)3(4)6;1-2-3-4/h2,5H,1H3,(H2,4,6);2-4H2,1H3. The number of carbonyl (C=O) groups excluding carboxylic acids is 1. The molecule has 0 spiro atoms. The fourth-order valence-corrected chi connectivity index (χ4v) is 0. The third kappa shape index (κ3) is 15.7. The van der Waals surface area contributed by atoms with E-state index < -0.39 is 12.0 Å². The van der Waals surface area contributed by atoms with Crippen molar-refractivity contribution < 1.29 is 9.90 Å². The van der Waals surface area contributed by atoms with Gasteiger partial charge in [0.15, 0.2) is 0 Å². The predicted octanol–water partition coefficient (Wildman–Crippen LogP) is -0.792. The van der Waals surface area contributed by atoms with Crippen molar-refractivity contribution in [2.45, 2.75) is 26.4 Å². The topological polar surface area (TPSA) is 89.3 Å². The first-order chi connectivity index (χ1) is 4.56. The molecule has 4 heteroatoms. The van der Waals surface area contributed by atoms with E-state index in [4.69, 9.17) is 10.8 Å². The summed E-state index contributed by atoms with van der Waals surface area (Å²) in [6.45, 7) is 4.20. The maximum Gasteiger partial charge on any atom is 0.245 e. The molecule has 1 atom stereocenters. The van der Waals surface area contributed by atoms with Crippen molar-refractivity contribution in [3.8, 4) is 0 Å². The zero-order valence-electron chi connectivity index (χ0n) is 6.50. The van der Waals surface area contributed by atoms with E-state index in [2.05, 4.69) is 12.7 Å². The van der Waals surface area contributed by atoms with Gasteiger partial charge in [-0.1, -0.05) is 6.92 Å². The fraction of sp³-hybridized carbons (Fsp3) is 0.833. The Hall–Kier alpha value is -0.610. The highest BCUT2D eigenvalue weighted by atomic mass is 16.3. The van der Waals surface area contributed by atoms with Crippen LogP contribution in [-0.2, 0) is 4.79 Å². The average molecular weight is 148 g/mol. The quantitative estimate of drug-likeness (QED) is 0.479. The van der Waals surface area contributed by atoms with Gasteiger partial charge < -0.3 is 16.6 Å². The van der Waals surface area contributed by atoms with Gasteiger partial charge in [0.25, 0.3) is 0 Å². The second kappa shape index (κ2) is 8.39. The van der Waals surface area contributed by atoms with E-state index in [1.165, 1.54) is 6.92 Å². The Balaban J connectivity index is 0. The van der Waals surface area contributed by atoms with Crippen molar-refractivity contribution in [1.29, 1.82) is 0 Å². The van der Waals surface area contributed by atoms with Crippen LogP contribution in [0.2, 0.25) is 0 Å². The van der Waals surface area contributed by atoms with Gasteiger partial charge in [-0.2, -0.15) is 0 Å². The molecule has 0 aliphatic rings. The third-order valence-corrected chi connectivity index (χ3v) is 0.700. The van der Waals surface area contributed by atoms with Gasteiger partial charge in [-0.05, 0) is 19.9 Å². The minimum atomic E-state index is -1.01. The number of carbonyl (C=O) groups is 1. The number of aliphatic hydroxyl groups is 1. The Kier molecular flexibility index (Phi) is 10.2. The van der Waals surface area contributed by atoms with E-state index in [1.807, 2.05) is 0 Å². The Morgan fingerprint density at radius 1 is 1.70 bits per heavy atom. The van der Waals surface area contributed by atoms with Gasteiger partial charge in [0.05, 0.1) is 0 Å². The Bertz CT molecular complexity index is 81.8. The van der Waals surface area contributed by atoms with Gasteiger partial charge in [0.1, 0.15) is 6.10 Å². The van der Waals surface area contributed by atoms with Crippen LogP contribution in [0.15, 0.2) is 0 Å². The lowest BCUT2D eigenvalue weighted by atomic mass is 10.4. The van der Waals surface area contributed by atoms with Gasteiger partial charge in [0.2, 0.25) is 5.91 Å². The highest BCUT2D eigenvalue weighted by molar-refractivity contribution is 5.77. The molecule has 0 rings (SSSR count). The van der Waals surface area contributed by atoms with Crippen LogP contribution >= 0.6 is 0 Å². The number of hydrogen-bond donors (Lipinski definition) is 3. The maximum absolute atomic E-state index is 9.67. The van der Waals surface area contributed by atoms with E-state index in [9.17, 15) is 4.79 Å². The van der Waals surface area contributed by atoms with Gasteiger partial charge in [-0.25, -0.2) is 0 Å². The summed E-state index contributed by atoms with van der Waals surface area (Å²) in [6, 6.07) is 0. The van der Waals surface area contributed by atoms with Crippen molar-refractivity contribution in [3.63, 3.8) is 0 Å². The average Bonchev–Trinajstić information content (AvgIpc) is 1.89. The van der Waals surface area contributed by atoms with Crippen LogP contribution in [0, 0.1) is 0 Å². The molecule has 0 heterocycles. The number of amides is 1. The maximum atomic E-state index is 9.67. The first kappa shape index (κ1) is 12.1. The molecule has 0 radical (unpaired) electrons. The van der Waals surface area contributed by atoms with Gasteiger partial charge >= 0.3 is 0 Å². The Morgan fingerprint density at radius 2 is 1.90 bits per heavy atom. The molecule has 0 fully saturated rings. The molecule has 0 bridgehead atoms. The lowest BCUT2D eigenvalue weighted by Crippen LogP contribution is -2.24. The summed E-state index contributed by atoms with van der Waals surface area (Å²) >= 11 is 0. The number of rotatable bonds is 2. The molecular weight excluding hydrogens is 132 g/mol. The molecule has 1 unspecified atom stereocenters. The molecule has 0 saturated carbocycles. The predicted molar refractivity (Wildman–Crippen MR) is 40.2 cm³/mol. The molecule has 10 heavy (non-hydrogen) atoms. The van der Waals surface area contributed by atoms with Crippen molar-refractivity contribution >= 4 is 5.91 Å². The monoisotopic (exact) mass is 148 g/mol. The Labute approximate surface area is 61.2 Å². The van der Waals surface area contributed by atoms with Crippen molar-refractivity contribution in [2.75, 3.05) is 6.54 Å². The van der Waals surface area contributed by atoms with Crippen LogP contribution in [0.3, 0.4) is 0 Å². The summed E-state index contributed by atoms with van der Waals surface area (Å²) in [5.41, 5.74) is 9.57. The fourth-order valence-electron chi connectivity index (χ4n) is 0. The molecule has 0 aliphatic carbocycles. The van der Waals surface area contributed by atoms with E-state index in [0.29, 0.717) is 0 Å². The second-order valence-electron chi connectivity index (χ2n) is 1.87. The number of nitrogens with two attached hydrogens (primary N) is 2. The van der Waals surface area contributed by atoms with E-state index in [-0.39, 0.29) is 0 Å². The minimum absolute atomic E-state index is 0.685. The third-order valence-electron chi connectivity index (χ3n) is 0.700. The van der Waals surface area contributed by atoms with Crippen LogP contribution in [0.5, 0.6) is 0 Å². The van der Waals surface area contributed by atoms with Gasteiger partial charge in [-0.3, -0.25) is 4.79 Å². The lowest BCUT2D eigenvalue weighted by molar-refractivity contribution is -0.125. The molecule has 0 aromatic rings. The second-order valence-corrected chi connectivity index (χ2v) is 1.87. The van der Waals surface area contributed by atoms with E-state index >= 15 is 0 Å². The first-order valence-electron chi connectivity index (χ1n) is 3.23. The zero-order valence-corrected chi connectivity index (χ0v) is 6.50. The van der Waals surface area contributed by atoms with Crippen LogP contribution < -0.4 is 11.5 Å². The van der Waals surface area contributed by atoms with E-state index in [1.54, 1.807) is 0 Å². The highest BCUT2D eigenvalue weighted by Gasteiger charge is 1.98. The minimum Gasteiger partial charge on any atom is -0.384 e. The molecule has 1 amide bonds. The molecule has 62 valence electrons. The SMILES string of the molecule is CC(O)C(N)=O.CCCN.